The number of amides is 1. The van der Waals surface area contributed by atoms with Crippen molar-refractivity contribution in [2.45, 2.75) is 45.6 Å². The Morgan fingerprint density at radius 2 is 1.82 bits per heavy atom. The quantitative estimate of drug-likeness (QED) is 0.853. The SMILES string of the molecule is CC(CN1CCc2ccccc2C1)CN1CCCCCC1=O. The Bertz CT molecular complexity index is 514. The highest BCUT2D eigenvalue weighted by Crippen LogP contribution is 2.20. The predicted octanol–water partition coefficient (Wildman–Crippen LogP) is 3.08. The molecule has 1 aromatic carbocycles. The summed E-state index contributed by atoms with van der Waals surface area (Å²) in [5, 5.41) is 0. The summed E-state index contributed by atoms with van der Waals surface area (Å²) in [5.74, 6) is 0.917. The smallest absolute Gasteiger partial charge is 0.222 e. The van der Waals surface area contributed by atoms with Crippen LogP contribution < -0.4 is 0 Å². The molecule has 0 spiro atoms. The Kier molecular flexibility index (Phi) is 5.14. The van der Waals surface area contributed by atoms with Gasteiger partial charge in [0.25, 0.3) is 0 Å². The van der Waals surface area contributed by atoms with Gasteiger partial charge in [0.2, 0.25) is 5.91 Å². The highest BCUT2D eigenvalue weighted by Gasteiger charge is 2.21. The van der Waals surface area contributed by atoms with Crippen molar-refractivity contribution in [3.63, 3.8) is 0 Å². The molecular weight excluding hydrogens is 272 g/mol. The molecule has 1 amide bonds. The topological polar surface area (TPSA) is 23.6 Å². The van der Waals surface area contributed by atoms with Gasteiger partial charge in [-0.2, -0.15) is 0 Å². The number of nitrogens with zero attached hydrogens (tertiary/aromatic N) is 2. The zero-order valence-corrected chi connectivity index (χ0v) is 13.8. The van der Waals surface area contributed by atoms with E-state index in [-0.39, 0.29) is 0 Å². The summed E-state index contributed by atoms with van der Waals surface area (Å²) in [5.41, 5.74) is 2.99. The van der Waals surface area contributed by atoms with E-state index in [9.17, 15) is 4.79 Å². The monoisotopic (exact) mass is 300 g/mol. The lowest BCUT2D eigenvalue weighted by Crippen LogP contribution is -2.40. The molecule has 120 valence electrons. The molecule has 0 radical (unpaired) electrons. The van der Waals surface area contributed by atoms with Gasteiger partial charge in [-0.1, -0.05) is 37.6 Å². The van der Waals surface area contributed by atoms with Gasteiger partial charge in [0.15, 0.2) is 0 Å². The number of hydrogen-bond donors (Lipinski definition) is 0. The first kappa shape index (κ1) is 15.5. The van der Waals surface area contributed by atoms with Crippen molar-refractivity contribution in [2.24, 2.45) is 5.92 Å². The second kappa shape index (κ2) is 7.28. The molecule has 3 rings (SSSR count). The van der Waals surface area contributed by atoms with Crippen LogP contribution in [0.1, 0.15) is 43.7 Å². The fourth-order valence-corrected chi connectivity index (χ4v) is 3.82. The van der Waals surface area contributed by atoms with E-state index in [2.05, 4.69) is 41.0 Å². The van der Waals surface area contributed by atoms with Crippen LogP contribution in [0.4, 0.5) is 0 Å². The molecule has 1 unspecified atom stereocenters. The largest absolute Gasteiger partial charge is 0.342 e. The van der Waals surface area contributed by atoms with Gasteiger partial charge in [0, 0.05) is 39.1 Å². The molecule has 2 aliphatic heterocycles. The van der Waals surface area contributed by atoms with E-state index >= 15 is 0 Å². The molecule has 3 heteroatoms. The van der Waals surface area contributed by atoms with Gasteiger partial charge in [-0.25, -0.2) is 0 Å². The van der Waals surface area contributed by atoms with Crippen molar-refractivity contribution >= 4 is 5.91 Å². The van der Waals surface area contributed by atoms with Gasteiger partial charge in [-0.3, -0.25) is 9.69 Å². The van der Waals surface area contributed by atoms with Gasteiger partial charge in [-0.05, 0) is 36.3 Å². The van der Waals surface area contributed by atoms with Crippen LogP contribution in [-0.4, -0.2) is 41.9 Å². The fraction of sp³-hybridized carbons (Fsp3) is 0.632. The molecule has 2 aliphatic rings. The van der Waals surface area contributed by atoms with Gasteiger partial charge >= 0.3 is 0 Å². The van der Waals surface area contributed by atoms with Gasteiger partial charge in [0.1, 0.15) is 0 Å². The standard InChI is InChI=1S/C19H28N2O/c1-16(14-21-11-6-2-3-9-19(21)22)13-20-12-10-17-7-4-5-8-18(17)15-20/h4-5,7-8,16H,2-3,6,9-15H2,1H3. The molecule has 0 aliphatic carbocycles. The maximum Gasteiger partial charge on any atom is 0.222 e. The van der Waals surface area contributed by atoms with Crippen LogP contribution in [0.3, 0.4) is 0 Å². The zero-order chi connectivity index (χ0) is 15.4. The number of rotatable bonds is 4. The van der Waals surface area contributed by atoms with Crippen LogP contribution in [0, 0.1) is 5.92 Å². The van der Waals surface area contributed by atoms with Crippen LogP contribution in [0.15, 0.2) is 24.3 Å². The summed E-state index contributed by atoms with van der Waals surface area (Å²) >= 11 is 0. The molecule has 1 saturated heterocycles. The van der Waals surface area contributed by atoms with Crippen LogP contribution in [0.5, 0.6) is 0 Å². The first-order valence-corrected chi connectivity index (χ1v) is 8.79. The summed E-state index contributed by atoms with van der Waals surface area (Å²) < 4.78 is 0. The van der Waals surface area contributed by atoms with E-state index < -0.39 is 0 Å². The lowest BCUT2D eigenvalue weighted by Gasteiger charge is -2.32. The van der Waals surface area contributed by atoms with Crippen molar-refractivity contribution in [3.8, 4) is 0 Å². The second-order valence-corrected chi connectivity index (χ2v) is 7.01. The average Bonchev–Trinajstić information content (AvgIpc) is 2.72. The average molecular weight is 300 g/mol. The van der Waals surface area contributed by atoms with Crippen molar-refractivity contribution < 1.29 is 4.79 Å². The Hall–Kier alpha value is -1.35. The second-order valence-electron chi connectivity index (χ2n) is 7.01. The summed E-state index contributed by atoms with van der Waals surface area (Å²) in [7, 11) is 0. The molecule has 1 aromatic rings. The maximum atomic E-state index is 12.1. The van der Waals surface area contributed by atoms with Crippen LogP contribution in [0.2, 0.25) is 0 Å². The van der Waals surface area contributed by atoms with Crippen molar-refractivity contribution in [3.05, 3.63) is 35.4 Å². The summed E-state index contributed by atoms with van der Waals surface area (Å²) in [6, 6.07) is 8.79. The van der Waals surface area contributed by atoms with E-state index in [4.69, 9.17) is 0 Å². The van der Waals surface area contributed by atoms with Crippen LogP contribution >= 0.6 is 0 Å². The van der Waals surface area contributed by atoms with Crippen molar-refractivity contribution in [1.82, 2.24) is 9.80 Å². The third-order valence-corrected chi connectivity index (χ3v) is 4.98. The molecule has 0 bridgehead atoms. The minimum atomic E-state index is 0.369. The molecule has 3 nitrogen and oxygen atoms in total. The normalized spacial score (nSPS) is 21.3. The van der Waals surface area contributed by atoms with E-state index in [1.807, 2.05) is 0 Å². The van der Waals surface area contributed by atoms with Gasteiger partial charge in [-0.15, -0.1) is 0 Å². The summed E-state index contributed by atoms with van der Waals surface area (Å²) in [4.78, 5) is 16.8. The minimum Gasteiger partial charge on any atom is -0.342 e. The van der Waals surface area contributed by atoms with E-state index in [0.717, 1.165) is 52.0 Å². The number of hydrogen-bond acceptors (Lipinski definition) is 2. The number of fused-ring (bicyclic) bond motifs is 1. The van der Waals surface area contributed by atoms with Crippen LogP contribution in [-0.2, 0) is 17.8 Å². The molecule has 22 heavy (non-hydrogen) atoms. The molecule has 1 fully saturated rings. The Labute approximate surface area is 134 Å². The highest BCUT2D eigenvalue weighted by atomic mass is 16.2. The number of carbonyl (C=O) groups is 1. The minimum absolute atomic E-state index is 0.369. The summed E-state index contributed by atoms with van der Waals surface area (Å²) in [6.07, 6.45) is 5.37. The molecule has 0 saturated carbocycles. The fourth-order valence-electron chi connectivity index (χ4n) is 3.82. The first-order valence-electron chi connectivity index (χ1n) is 8.79. The van der Waals surface area contributed by atoms with Crippen molar-refractivity contribution in [2.75, 3.05) is 26.2 Å². The summed E-state index contributed by atoms with van der Waals surface area (Å²) in [6.45, 7) is 7.49. The molecule has 0 aromatic heterocycles. The molecule has 1 atom stereocenters. The van der Waals surface area contributed by atoms with Gasteiger partial charge in [0.05, 0.1) is 0 Å². The number of carbonyl (C=O) groups excluding carboxylic acids is 1. The Morgan fingerprint density at radius 3 is 2.68 bits per heavy atom. The Balaban J connectivity index is 1.52. The highest BCUT2D eigenvalue weighted by molar-refractivity contribution is 5.76. The molecule has 2 heterocycles. The maximum absolute atomic E-state index is 12.1. The van der Waals surface area contributed by atoms with Crippen molar-refractivity contribution in [1.29, 1.82) is 0 Å². The zero-order valence-electron chi connectivity index (χ0n) is 13.8. The van der Waals surface area contributed by atoms with E-state index in [0.29, 0.717) is 11.8 Å². The number of benzene rings is 1. The van der Waals surface area contributed by atoms with E-state index in [1.54, 1.807) is 0 Å². The van der Waals surface area contributed by atoms with Gasteiger partial charge < -0.3 is 4.90 Å². The number of likely N-dealkylation sites (tertiary alicyclic amines) is 1. The first-order chi connectivity index (χ1) is 10.7. The third-order valence-electron chi connectivity index (χ3n) is 4.98. The lowest BCUT2D eigenvalue weighted by atomic mass is 9.99. The van der Waals surface area contributed by atoms with Crippen LogP contribution in [0.25, 0.3) is 0 Å². The lowest BCUT2D eigenvalue weighted by molar-refractivity contribution is -0.131. The Morgan fingerprint density at radius 1 is 1.00 bits per heavy atom. The molecule has 0 N–H and O–H groups in total. The van der Waals surface area contributed by atoms with E-state index in [1.165, 1.54) is 24.0 Å². The predicted molar refractivity (Wildman–Crippen MR) is 89.6 cm³/mol. The molecular formula is C19H28N2O. The third kappa shape index (κ3) is 3.89.